The van der Waals surface area contributed by atoms with Crippen LogP contribution in [0.2, 0.25) is 0 Å². The van der Waals surface area contributed by atoms with Crippen molar-refractivity contribution in [2.24, 2.45) is 0 Å². The number of fused-ring (bicyclic) bond motifs is 1. The first kappa shape index (κ1) is 13.4. The summed E-state index contributed by atoms with van der Waals surface area (Å²) in [5.74, 6) is 1.31. The van der Waals surface area contributed by atoms with Gasteiger partial charge in [0.1, 0.15) is 0 Å². The Bertz CT molecular complexity index is 803. The molecule has 1 aromatic carbocycles. The Morgan fingerprint density at radius 1 is 1.23 bits per heavy atom. The average molecular weight is 295 g/mol. The van der Waals surface area contributed by atoms with Gasteiger partial charge in [-0.3, -0.25) is 4.98 Å². The van der Waals surface area contributed by atoms with Gasteiger partial charge in [0, 0.05) is 23.8 Å². The molecule has 0 atom stereocenters. The summed E-state index contributed by atoms with van der Waals surface area (Å²) in [5, 5.41) is 5.22. The normalized spacial score (nSPS) is 16.0. The monoisotopic (exact) mass is 295 g/mol. The van der Waals surface area contributed by atoms with Crippen LogP contribution >= 0.6 is 0 Å². The molecule has 1 fully saturated rings. The Morgan fingerprint density at radius 3 is 2.95 bits per heavy atom. The molecule has 4 rings (SSSR count). The molecule has 2 heterocycles. The quantitative estimate of drug-likeness (QED) is 0.722. The van der Waals surface area contributed by atoms with Gasteiger partial charge in [0.05, 0.1) is 17.5 Å². The highest BCUT2D eigenvalue weighted by Crippen LogP contribution is 2.48. The lowest BCUT2D eigenvalue weighted by atomic mass is 10.1. The third-order valence-electron chi connectivity index (χ3n) is 4.20. The summed E-state index contributed by atoms with van der Waals surface area (Å²) in [4.78, 5) is 9.00. The van der Waals surface area contributed by atoms with Crippen molar-refractivity contribution >= 4 is 10.9 Å². The summed E-state index contributed by atoms with van der Waals surface area (Å²) in [5.41, 5.74) is 1.82. The molecule has 0 unspecified atom stereocenters. The molecule has 5 heteroatoms. The van der Waals surface area contributed by atoms with Gasteiger partial charge in [0.15, 0.2) is 0 Å². The molecule has 0 bridgehead atoms. The summed E-state index contributed by atoms with van der Waals surface area (Å²) in [6.45, 7) is 3.36. The number of benzene rings is 1. The van der Waals surface area contributed by atoms with Crippen LogP contribution in [0.15, 0.2) is 41.1 Å². The molecule has 0 amide bonds. The summed E-state index contributed by atoms with van der Waals surface area (Å²) in [6, 6.07) is 9.90. The van der Waals surface area contributed by atoms with Gasteiger partial charge in [-0.05, 0) is 31.9 Å². The second-order valence-corrected chi connectivity index (χ2v) is 5.72. The molecule has 3 aromatic rings. The molecule has 0 radical (unpaired) electrons. The van der Waals surface area contributed by atoms with Crippen LogP contribution in [-0.4, -0.2) is 28.3 Å². The zero-order valence-electron chi connectivity index (χ0n) is 12.5. The first-order valence-corrected chi connectivity index (χ1v) is 7.58. The molecule has 0 aliphatic heterocycles. The topological polar surface area (TPSA) is 61.0 Å². The van der Waals surface area contributed by atoms with Crippen LogP contribution in [0.25, 0.3) is 22.3 Å². The number of aromatic nitrogens is 3. The van der Waals surface area contributed by atoms with E-state index >= 15 is 0 Å². The van der Waals surface area contributed by atoms with Crippen molar-refractivity contribution in [1.29, 1.82) is 0 Å². The summed E-state index contributed by atoms with van der Waals surface area (Å²) in [7, 11) is 0. The number of rotatable bonds is 5. The highest BCUT2D eigenvalue weighted by atomic mass is 16.5. The van der Waals surface area contributed by atoms with E-state index in [1.807, 2.05) is 37.3 Å². The average Bonchev–Trinajstić information content (AvgIpc) is 3.19. The Morgan fingerprint density at radius 2 is 2.14 bits per heavy atom. The third kappa shape index (κ3) is 2.18. The second kappa shape index (κ2) is 5.18. The SMILES string of the molecule is CCOCC1(c2nc(-c3cccc4ncccc34)no2)CC1. The lowest BCUT2D eigenvalue weighted by Crippen LogP contribution is -2.15. The smallest absolute Gasteiger partial charge is 0.235 e. The van der Waals surface area contributed by atoms with Crippen LogP contribution in [0.5, 0.6) is 0 Å². The number of hydrogen-bond acceptors (Lipinski definition) is 5. The molecule has 2 aromatic heterocycles. The Hall–Kier alpha value is -2.27. The lowest BCUT2D eigenvalue weighted by Gasteiger charge is -2.08. The Kier molecular flexibility index (Phi) is 3.15. The number of ether oxygens (including phenoxy) is 1. The fourth-order valence-corrected chi connectivity index (χ4v) is 2.71. The summed E-state index contributed by atoms with van der Waals surface area (Å²) in [6.07, 6.45) is 3.88. The van der Waals surface area contributed by atoms with E-state index < -0.39 is 0 Å². The molecule has 22 heavy (non-hydrogen) atoms. The van der Waals surface area contributed by atoms with Gasteiger partial charge in [-0.1, -0.05) is 23.4 Å². The van der Waals surface area contributed by atoms with Crippen LogP contribution in [0, 0.1) is 0 Å². The van der Waals surface area contributed by atoms with Crippen molar-refractivity contribution in [3.8, 4) is 11.4 Å². The predicted molar refractivity (Wildman–Crippen MR) is 82.4 cm³/mol. The van der Waals surface area contributed by atoms with E-state index in [1.54, 1.807) is 6.20 Å². The van der Waals surface area contributed by atoms with E-state index in [1.165, 1.54) is 0 Å². The minimum Gasteiger partial charge on any atom is -0.381 e. The first-order chi connectivity index (χ1) is 10.8. The van der Waals surface area contributed by atoms with E-state index in [2.05, 4.69) is 15.1 Å². The van der Waals surface area contributed by atoms with E-state index in [0.29, 0.717) is 24.9 Å². The lowest BCUT2D eigenvalue weighted by molar-refractivity contribution is 0.114. The summed E-state index contributed by atoms with van der Waals surface area (Å²) >= 11 is 0. The van der Waals surface area contributed by atoms with Crippen LogP contribution in [0.4, 0.5) is 0 Å². The van der Waals surface area contributed by atoms with Crippen molar-refractivity contribution < 1.29 is 9.26 Å². The fourth-order valence-electron chi connectivity index (χ4n) is 2.71. The van der Waals surface area contributed by atoms with Crippen LogP contribution in [0.1, 0.15) is 25.7 Å². The third-order valence-corrected chi connectivity index (χ3v) is 4.20. The predicted octanol–water partition coefficient (Wildman–Crippen LogP) is 3.35. The molecule has 112 valence electrons. The standard InChI is InChI=1S/C17H17N3O2/c1-2-21-11-17(8-9-17)16-19-15(20-22-16)13-5-3-7-14-12(13)6-4-10-18-14/h3-7,10H,2,8-9,11H2,1H3. The highest BCUT2D eigenvalue weighted by molar-refractivity contribution is 5.92. The van der Waals surface area contributed by atoms with Gasteiger partial charge in [0.2, 0.25) is 11.7 Å². The van der Waals surface area contributed by atoms with Gasteiger partial charge in [0.25, 0.3) is 0 Å². The maximum Gasteiger partial charge on any atom is 0.235 e. The molecular weight excluding hydrogens is 278 g/mol. The minimum atomic E-state index is -0.0654. The molecule has 1 saturated carbocycles. The zero-order valence-corrected chi connectivity index (χ0v) is 12.5. The Balaban J connectivity index is 1.72. The second-order valence-electron chi connectivity index (χ2n) is 5.72. The molecule has 1 aliphatic rings. The molecule has 0 spiro atoms. The fraction of sp³-hybridized carbons (Fsp3) is 0.353. The van der Waals surface area contributed by atoms with E-state index in [-0.39, 0.29) is 5.41 Å². The minimum absolute atomic E-state index is 0.0654. The van der Waals surface area contributed by atoms with Crippen LogP contribution in [0.3, 0.4) is 0 Å². The molecule has 0 N–H and O–H groups in total. The van der Waals surface area contributed by atoms with E-state index in [9.17, 15) is 0 Å². The van der Waals surface area contributed by atoms with Crippen molar-refractivity contribution in [3.63, 3.8) is 0 Å². The van der Waals surface area contributed by atoms with Gasteiger partial charge < -0.3 is 9.26 Å². The van der Waals surface area contributed by atoms with Gasteiger partial charge >= 0.3 is 0 Å². The first-order valence-electron chi connectivity index (χ1n) is 7.58. The van der Waals surface area contributed by atoms with Gasteiger partial charge in [-0.2, -0.15) is 4.98 Å². The number of nitrogens with zero attached hydrogens (tertiary/aromatic N) is 3. The maximum absolute atomic E-state index is 5.56. The molecule has 1 aliphatic carbocycles. The highest BCUT2D eigenvalue weighted by Gasteiger charge is 2.49. The maximum atomic E-state index is 5.56. The molecule has 0 saturated heterocycles. The van der Waals surface area contributed by atoms with E-state index in [0.717, 1.165) is 29.3 Å². The molecule has 5 nitrogen and oxygen atoms in total. The van der Waals surface area contributed by atoms with Crippen LogP contribution in [-0.2, 0) is 10.2 Å². The van der Waals surface area contributed by atoms with Crippen molar-refractivity contribution in [3.05, 3.63) is 42.4 Å². The zero-order chi connectivity index (χ0) is 15.0. The largest absolute Gasteiger partial charge is 0.381 e. The van der Waals surface area contributed by atoms with Crippen molar-refractivity contribution in [1.82, 2.24) is 15.1 Å². The number of hydrogen-bond donors (Lipinski definition) is 0. The molecular formula is C17H17N3O2. The van der Waals surface area contributed by atoms with Crippen molar-refractivity contribution in [2.75, 3.05) is 13.2 Å². The van der Waals surface area contributed by atoms with Gasteiger partial charge in [-0.15, -0.1) is 0 Å². The van der Waals surface area contributed by atoms with Crippen molar-refractivity contribution in [2.45, 2.75) is 25.2 Å². The summed E-state index contributed by atoms with van der Waals surface area (Å²) < 4.78 is 11.1. The van der Waals surface area contributed by atoms with Crippen LogP contribution < -0.4 is 0 Å². The van der Waals surface area contributed by atoms with E-state index in [4.69, 9.17) is 9.26 Å². The Labute approximate surface area is 128 Å². The van der Waals surface area contributed by atoms with Gasteiger partial charge in [-0.25, -0.2) is 0 Å². The number of pyridine rings is 1.